The zero-order valence-electron chi connectivity index (χ0n) is 16.0. The number of nitrogens with one attached hydrogen (secondary N) is 3. The molecule has 0 unspecified atom stereocenters. The van der Waals surface area contributed by atoms with Gasteiger partial charge in [-0.05, 0) is 36.2 Å². The van der Waals surface area contributed by atoms with Gasteiger partial charge in [0.1, 0.15) is 5.82 Å². The second-order valence-corrected chi connectivity index (χ2v) is 7.03. The number of imidazole rings is 1. The Morgan fingerprint density at radius 2 is 2.04 bits per heavy atom. The average Bonchev–Trinajstić information content (AvgIpc) is 3.08. The third-order valence-corrected chi connectivity index (χ3v) is 4.88. The second kappa shape index (κ2) is 8.41. The zero-order valence-corrected chi connectivity index (χ0v) is 16.0. The summed E-state index contributed by atoms with van der Waals surface area (Å²) in [7, 11) is 0. The second-order valence-electron chi connectivity index (χ2n) is 7.03. The third-order valence-electron chi connectivity index (χ3n) is 4.88. The van der Waals surface area contributed by atoms with Crippen LogP contribution in [0.1, 0.15) is 17.0 Å². The van der Waals surface area contributed by atoms with Crippen LogP contribution in [0.2, 0.25) is 0 Å². The van der Waals surface area contributed by atoms with Gasteiger partial charge in [0.2, 0.25) is 0 Å². The predicted octanol–water partition coefficient (Wildman–Crippen LogP) is 3.03. The molecule has 146 valence electrons. The number of aromatic amines is 1. The van der Waals surface area contributed by atoms with Gasteiger partial charge < -0.3 is 20.4 Å². The van der Waals surface area contributed by atoms with E-state index in [-0.39, 0.29) is 6.03 Å². The largest absolute Gasteiger partial charge is 0.379 e. The van der Waals surface area contributed by atoms with Crippen LogP contribution in [0.4, 0.5) is 10.5 Å². The monoisotopic (exact) mass is 379 g/mol. The van der Waals surface area contributed by atoms with Crippen LogP contribution >= 0.6 is 0 Å². The Balaban J connectivity index is 1.36. The summed E-state index contributed by atoms with van der Waals surface area (Å²) in [4.78, 5) is 22.4. The highest BCUT2D eigenvalue weighted by molar-refractivity contribution is 5.90. The topological polar surface area (TPSA) is 82.3 Å². The van der Waals surface area contributed by atoms with Gasteiger partial charge in [0.15, 0.2) is 0 Å². The van der Waals surface area contributed by atoms with Crippen molar-refractivity contribution in [2.75, 3.05) is 31.6 Å². The van der Waals surface area contributed by atoms with Crippen LogP contribution in [0.5, 0.6) is 0 Å². The Morgan fingerprint density at radius 1 is 1.21 bits per heavy atom. The van der Waals surface area contributed by atoms with E-state index in [2.05, 4.69) is 31.6 Å². The lowest BCUT2D eigenvalue weighted by molar-refractivity contribution is 0.0343. The molecule has 0 atom stereocenters. The number of anilines is 1. The van der Waals surface area contributed by atoms with Crippen LogP contribution in [0.25, 0.3) is 11.0 Å². The molecule has 7 heteroatoms. The summed E-state index contributed by atoms with van der Waals surface area (Å²) < 4.78 is 5.41. The van der Waals surface area contributed by atoms with Crippen molar-refractivity contribution in [1.29, 1.82) is 0 Å². The first-order valence-electron chi connectivity index (χ1n) is 9.55. The number of benzene rings is 2. The molecule has 1 aromatic heterocycles. The summed E-state index contributed by atoms with van der Waals surface area (Å²) in [5.41, 5.74) is 4.88. The number of ether oxygens (including phenoxy) is 1. The lowest BCUT2D eigenvalue weighted by atomic mass is 10.1. The number of fused-ring (bicyclic) bond motifs is 1. The molecule has 0 radical (unpaired) electrons. The first-order chi connectivity index (χ1) is 13.7. The standard InChI is InChI=1S/C21H25N5O2/c1-15-23-19-7-6-16(12-20(19)24-15)13-22-21(27)25-18-5-3-2-4-17(18)14-26-8-10-28-11-9-26/h2-7,12H,8-11,13-14H2,1H3,(H,23,24)(H2,22,25,27). The molecular weight excluding hydrogens is 354 g/mol. The normalized spacial score (nSPS) is 14.9. The molecule has 28 heavy (non-hydrogen) atoms. The number of H-pyrrole nitrogens is 1. The highest BCUT2D eigenvalue weighted by Crippen LogP contribution is 2.18. The Kier molecular flexibility index (Phi) is 5.55. The molecule has 0 saturated carbocycles. The van der Waals surface area contributed by atoms with E-state index in [9.17, 15) is 4.79 Å². The number of carbonyl (C=O) groups is 1. The fraction of sp³-hybridized carbons (Fsp3) is 0.333. The van der Waals surface area contributed by atoms with Gasteiger partial charge in [0.05, 0.1) is 24.2 Å². The fourth-order valence-electron chi connectivity index (χ4n) is 3.42. The maximum Gasteiger partial charge on any atom is 0.319 e. The van der Waals surface area contributed by atoms with E-state index in [0.717, 1.165) is 66.5 Å². The van der Waals surface area contributed by atoms with Gasteiger partial charge in [-0.25, -0.2) is 9.78 Å². The molecule has 0 bridgehead atoms. The number of morpholine rings is 1. The van der Waals surface area contributed by atoms with Gasteiger partial charge in [-0.1, -0.05) is 24.3 Å². The van der Waals surface area contributed by atoms with Crippen molar-refractivity contribution in [3.63, 3.8) is 0 Å². The number of aromatic nitrogens is 2. The van der Waals surface area contributed by atoms with Crippen molar-refractivity contribution in [3.05, 3.63) is 59.4 Å². The van der Waals surface area contributed by atoms with Gasteiger partial charge in [0, 0.05) is 31.9 Å². The first kappa shape index (κ1) is 18.5. The van der Waals surface area contributed by atoms with E-state index >= 15 is 0 Å². The molecule has 2 aromatic carbocycles. The molecule has 1 saturated heterocycles. The van der Waals surface area contributed by atoms with E-state index in [1.165, 1.54) is 0 Å². The fourth-order valence-corrected chi connectivity index (χ4v) is 3.42. The molecule has 4 rings (SSSR count). The molecule has 2 amide bonds. The lowest BCUT2D eigenvalue weighted by Crippen LogP contribution is -2.36. The number of rotatable bonds is 5. The number of amides is 2. The van der Waals surface area contributed by atoms with E-state index in [4.69, 9.17) is 4.74 Å². The summed E-state index contributed by atoms with van der Waals surface area (Å²) >= 11 is 0. The van der Waals surface area contributed by atoms with E-state index in [0.29, 0.717) is 6.54 Å². The van der Waals surface area contributed by atoms with Gasteiger partial charge >= 0.3 is 6.03 Å². The van der Waals surface area contributed by atoms with Crippen molar-refractivity contribution >= 4 is 22.8 Å². The number of nitrogens with zero attached hydrogens (tertiary/aromatic N) is 2. The Hall–Kier alpha value is -2.90. The molecule has 3 aromatic rings. The zero-order chi connectivity index (χ0) is 19.3. The van der Waals surface area contributed by atoms with Gasteiger partial charge in [-0.3, -0.25) is 4.90 Å². The number of hydrogen-bond acceptors (Lipinski definition) is 4. The van der Waals surface area contributed by atoms with Crippen LogP contribution in [-0.4, -0.2) is 47.2 Å². The van der Waals surface area contributed by atoms with Crippen molar-refractivity contribution in [2.24, 2.45) is 0 Å². The van der Waals surface area contributed by atoms with Gasteiger partial charge in [-0.15, -0.1) is 0 Å². The van der Waals surface area contributed by atoms with Crippen molar-refractivity contribution < 1.29 is 9.53 Å². The molecule has 0 aliphatic carbocycles. The van der Waals surface area contributed by atoms with Crippen molar-refractivity contribution in [3.8, 4) is 0 Å². The summed E-state index contributed by atoms with van der Waals surface area (Å²) in [5.74, 6) is 0.884. The van der Waals surface area contributed by atoms with Crippen LogP contribution in [0.15, 0.2) is 42.5 Å². The van der Waals surface area contributed by atoms with E-state index in [1.54, 1.807) is 0 Å². The maximum absolute atomic E-state index is 12.4. The minimum absolute atomic E-state index is 0.213. The van der Waals surface area contributed by atoms with Gasteiger partial charge in [-0.2, -0.15) is 0 Å². The molecule has 3 N–H and O–H groups in total. The van der Waals surface area contributed by atoms with Crippen LogP contribution in [0, 0.1) is 6.92 Å². The van der Waals surface area contributed by atoms with E-state index < -0.39 is 0 Å². The molecule has 2 heterocycles. The number of hydrogen-bond donors (Lipinski definition) is 3. The summed E-state index contributed by atoms with van der Waals surface area (Å²) in [5, 5.41) is 5.92. The minimum atomic E-state index is -0.213. The molecular formula is C21H25N5O2. The Bertz CT molecular complexity index is 962. The van der Waals surface area contributed by atoms with Crippen LogP contribution in [0.3, 0.4) is 0 Å². The lowest BCUT2D eigenvalue weighted by Gasteiger charge is -2.27. The van der Waals surface area contributed by atoms with E-state index in [1.807, 2.05) is 43.3 Å². The Morgan fingerprint density at radius 3 is 2.89 bits per heavy atom. The summed E-state index contributed by atoms with van der Waals surface area (Å²) in [6.45, 7) is 6.53. The SMILES string of the molecule is Cc1nc2ccc(CNC(=O)Nc3ccccc3CN3CCOCC3)cc2[nH]1. The third kappa shape index (κ3) is 4.49. The van der Waals surface area contributed by atoms with Crippen molar-refractivity contribution in [2.45, 2.75) is 20.0 Å². The predicted molar refractivity (Wildman–Crippen MR) is 109 cm³/mol. The number of aryl methyl sites for hydroxylation is 1. The summed E-state index contributed by atoms with van der Waals surface area (Å²) in [6, 6.07) is 13.7. The highest BCUT2D eigenvalue weighted by atomic mass is 16.5. The molecule has 0 spiro atoms. The molecule has 7 nitrogen and oxygen atoms in total. The molecule has 1 fully saturated rings. The van der Waals surface area contributed by atoms with Crippen molar-refractivity contribution in [1.82, 2.24) is 20.2 Å². The number of urea groups is 1. The van der Waals surface area contributed by atoms with Crippen LogP contribution in [-0.2, 0) is 17.8 Å². The first-order valence-corrected chi connectivity index (χ1v) is 9.55. The quantitative estimate of drug-likeness (QED) is 0.636. The molecule has 1 aliphatic rings. The minimum Gasteiger partial charge on any atom is -0.379 e. The average molecular weight is 379 g/mol. The smallest absolute Gasteiger partial charge is 0.319 e. The summed E-state index contributed by atoms with van der Waals surface area (Å²) in [6.07, 6.45) is 0. The van der Waals surface area contributed by atoms with Crippen LogP contribution < -0.4 is 10.6 Å². The number of carbonyl (C=O) groups excluding carboxylic acids is 1. The van der Waals surface area contributed by atoms with Gasteiger partial charge in [0.25, 0.3) is 0 Å². The number of para-hydroxylation sites is 1. The molecule has 1 aliphatic heterocycles. The Labute approximate surface area is 164 Å². The maximum atomic E-state index is 12.4. The highest BCUT2D eigenvalue weighted by Gasteiger charge is 2.13.